The summed E-state index contributed by atoms with van der Waals surface area (Å²) in [5.41, 5.74) is 0.660. The molecule has 0 saturated carbocycles. The SMILES string of the molecule is O=C(c1ccc(Cl)cc1)N1CCC[C@H](CO)C1. The van der Waals surface area contributed by atoms with Crippen molar-refractivity contribution in [3.05, 3.63) is 34.9 Å². The van der Waals surface area contributed by atoms with Crippen LogP contribution in [0, 0.1) is 5.92 Å². The van der Waals surface area contributed by atoms with Crippen LogP contribution < -0.4 is 0 Å². The second-order valence-corrected chi connectivity index (χ2v) is 4.89. The molecule has 1 saturated heterocycles. The van der Waals surface area contributed by atoms with Gasteiger partial charge < -0.3 is 10.0 Å². The predicted molar refractivity (Wildman–Crippen MR) is 67.2 cm³/mol. The summed E-state index contributed by atoms with van der Waals surface area (Å²) in [6.45, 7) is 1.58. The lowest BCUT2D eigenvalue weighted by molar-refractivity contribution is 0.0621. The minimum absolute atomic E-state index is 0.0276. The number of nitrogens with zero attached hydrogens (tertiary/aromatic N) is 1. The van der Waals surface area contributed by atoms with E-state index < -0.39 is 0 Å². The van der Waals surface area contributed by atoms with Gasteiger partial charge >= 0.3 is 0 Å². The van der Waals surface area contributed by atoms with Crippen molar-refractivity contribution in [2.45, 2.75) is 12.8 Å². The van der Waals surface area contributed by atoms with E-state index in [9.17, 15) is 4.79 Å². The third-order valence-corrected chi connectivity index (χ3v) is 3.41. The Balaban J connectivity index is 2.06. The molecule has 1 aliphatic heterocycles. The van der Waals surface area contributed by atoms with Gasteiger partial charge in [-0.1, -0.05) is 11.6 Å². The Labute approximate surface area is 106 Å². The van der Waals surface area contributed by atoms with Crippen molar-refractivity contribution in [2.75, 3.05) is 19.7 Å². The molecule has 92 valence electrons. The van der Waals surface area contributed by atoms with Crippen LogP contribution in [0.4, 0.5) is 0 Å². The Bertz CT molecular complexity index is 391. The number of hydrogen-bond donors (Lipinski definition) is 1. The van der Waals surface area contributed by atoms with Crippen LogP contribution in [0.5, 0.6) is 0 Å². The van der Waals surface area contributed by atoms with Crippen molar-refractivity contribution >= 4 is 17.5 Å². The van der Waals surface area contributed by atoms with Gasteiger partial charge in [-0.05, 0) is 43.0 Å². The number of carbonyl (C=O) groups excluding carboxylic acids is 1. The average Bonchev–Trinajstić information content (AvgIpc) is 2.39. The van der Waals surface area contributed by atoms with Crippen molar-refractivity contribution < 1.29 is 9.90 Å². The predicted octanol–water partition coefficient (Wildman–Crippen LogP) is 2.18. The summed E-state index contributed by atoms with van der Waals surface area (Å²) in [4.78, 5) is 14.0. The molecule has 17 heavy (non-hydrogen) atoms. The second-order valence-electron chi connectivity index (χ2n) is 4.45. The maximum atomic E-state index is 12.2. The van der Waals surface area contributed by atoms with Crippen molar-refractivity contribution in [1.29, 1.82) is 0 Å². The molecule has 1 atom stereocenters. The van der Waals surface area contributed by atoms with E-state index in [2.05, 4.69) is 0 Å². The third-order valence-electron chi connectivity index (χ3n) is 3.16. The largest absolute Gasteiger partial charge is 0.396 e. The molecule has 0 radical (unpaired) electrons. The van der Waals surface area contributed by atoms with E-state index >= 15 is 0 Å². The van der Waals surface area contributed by atoms with E-state index in [-0.39, 0.29) is 18.4 Å². The van der Waals surface area contributed by atoms with E-state index in [1.807, 2.05) is 4.90 Å². The lowest BCUT2D eigenvalue weighted by Gasteiger charge is -2.31. The minimum atomic E-state index is 0.0276. The summed E-state index contributed by atoms with van der Waals surface area (Å²) in [6.07, 6.45) is 1.96. The van der Waals surface area contributed by atoms with Gasteiger partial charge in [0.05, 0.1) is 0 Å². The molecular formula is C13H16ClNO2. The molecular weight excluding hydrogens is 238 g/mol. The number of benzene rings is 1. The van der Waals surface area contributed by atoms with Crippen LogP contribution in [0.2, 0.25) is 5.02 Å². The first-order valence-electron chi connectivity index (χ1n) is 5.86. The number of rotatable bonds is 2. The highest BCUT2D eigenvalue weighted by Crippen LogP contribution is 2.19. The Hall–Kier alpha value is -1.06. The molecule has 1 fully saturated rings. The maximum Gasteiger partial charge on any atom is 0.253 e. The van der Waals surface area contributed by atoms with Crippen molar-refractivity contribution in [3.63, 3.8) is 0 Å². The third kappa shape index (κ3) is 2.99. The zero-order valence-corrected chi connectivity index (χ0v) is 10.4. The molecule has 0 aliphatic carbocycles. The molecule has 1 amide bonds. The first-order valence-corrected chi connectivity index (χ1v) is 6.24. The highest BCUT2D eigenvalue weighted by Gasteiger charge is 2.23. The number of aliphatic hydroxyl groups excluding tert-OH is 1. The van der Waals surface area contributed by atoms with E-state index in [1.54, 1.807) is 24.3 Å². The monoisotopic (exact) mass is 253 g/mol. The molecule has 1 N–H and O–H groups in total. The summed E-state index contributed by atoms with van der Waals surface area (Å²) in [7, 11) is 0. The molecule has 4 heteroatoms. The van der Waals surface area contributed by atoms with E-state index in [1.165, 1.54) is 0 Å². The Kier molecular flexibility index (Phi) is 4.02. The van der Waals surface area contributed by atoms with Gasteiger partial charge in [-0.25, -0.2) is 0 Å². The van der Waals surface area contributed by atoms with Crippen LogP contribution in [-0.2, 0) is 0 Å². The number of amides is 1. The minimum Gasteiger partial charge on any atom is -0.396 e. The van der Waals surface area contributed by atoms with Crippen LogP contribution in [0.1, 0.15) is 23.2 Å². The quantitative estimate of drug-likeness (QED) is 0.878. The number of likely N-dealkylation sites (tertiary alicyclic amines) is 1. The van der Waals surface area contributed by atoms with Crippen molar-refractivity contribution in [1.82, 2.24) is 4.90 Å². The molecule has 1 heterocycles. The number of carbonyl (C=O) groups is 1. The molecule has 1 aliphatic rings. The normalized spacial score (nSPS) is 20.4. The molecule has 2 rings (SSSR count). The molecule has 3 nitrogen and oxygen atoms in total. The molecule has 0 aromatic heterocycles. The molecule has 0 spiro atoms. The zero-order valence-electron chi connectivity index (χ0n) is 9.60. The molecule has 0 bridgehead atoms. The summed E-state index contributed by atoms with van der Waals surface area (Å²) in [5.74, 6) is 0.250. The topological polar surface area (TPSA) is 40.5 Å². The molecule has 0 unspecified atom stereocenters. The molecule has 1 aromatic rings. The van der Waals surface area contributed by atoms with Gasteiger partial charge in [-0.2, -0.15) is 0 Å². The van der Waals surface area contributed by atoms with Gasteiger partial charge in [-0.15, -0.1) is 0 Å². The van der Waals surface area contributed by atoms with Crippen molar-refractivity contribution in [2.24, 2.45) is 5.92 Å². The molecule has 1 aromatic carbocycles. The summed E-state index contributed by atoms with van der Waals surface area (Å²) in [6, 6.07) is 6.94. The summed E-state index contributed by atoms with van der Waals surface area (Å²) < 4.78 is 0. The van der Waals surface area contributed by atoms with E-state index in [0.717, 1.165) is 19.4 Å². The number of hydrogen-bond acceptors (Lipinski definition) is 2. The van der Waals surface area contributed by atoms with Crippen LogP contribution in [0.3, 0.4) is 0 Å². The Morgan fingerprint density at radius 1 is 1.41 bits per heavy atom. The average molecular weight is 254 g/mol. The lowest BCUT2D eigenvalue weighted by Crippen LogP contribution is -2.40. The Morgan fingerprint density at radius 2 is 2.12 bits per heavy atom. The maximum absolute atomic E-state index is 12.2. The fourth-order valence-electron chi connectivity index (χ4n) is 2.17. The standard InChI is InChI=1S/C13H16ClNO2/c14-12-5-3-11(4-6-12)13(17)15-7-1-2-10(8-15)9-16/h3-6,10,16H,1-2,7-9H2/t10-/m0/s1. The van der Waals surface area contributed by atoms with Gasteiger partial charge in [-0.3, -0.25) is 4.79 Å². The lowest BCUT2D eigenvalue weighted by atomic mass is 9.98. The van der Waals surface area contributed by atoms with E-state index in [4.69, 9.17) is 16.7 Å². The Morgan fingerprint density at radius 3 is 2.76 bits per heavy atom. The first-order chi connectivity index (χ1) is 8.20. The highest BCUT2D eigenvalue weighted by atomic mass is 35.5. The van der Waals surface area contributed by atoms with Crippen LogP contribution >= 0.6 is 11.6 Å². The van der Waals surface area contributed by atoms with Crippen LogP contribution in [0.15, 0.2) is 24.3 Å². The highest BCUT2D eigenvalue weighted by molar-refractivity contribution is 6.30. The fraction of sp³-hybridized carbons (Fsp3) is 0.462. The van der Waals surface area contributed by atoms with Gasteiger partial charge in [0.15, 0.2) is 0 Å². The number of aliphatic hydroxyl groups is 1. The summed E-state index contributed by atoms with van der Waals surface area (Å²) in [5, 5.41) is 9.77. The van der Waals surface area contributed by atoms with Gasteiger partial charge in [0.2, 0.25) is 0 Å². The fourth-order valence-corrected chi connectivity index (χ4v) is 2.30. The van der Waals surface area contributed by atoms with E-state index in [0.29, 0.717) is 17.1 Å². The van der Waals surface area contributed by atoms with Crippen molar-refractivity contribution in [3.8, 4) is 0 Å². The van der Waals surface area contributed by atoms with Crippen LogP contribution in [-0.4, -0.2) is 35.6 Å². The summed E-state index contributed by atoms with van der Waals surface area (Å²) >= 11 is 5.79. The zero-order chi connectivity index (χ0) is 12.3. The number of piperidine rings is 1. The van der Waals surface area contributed by atoms with Crippen LogP contribution in [0.25, 0.3) is 0 Å². The second kappa shape index (κ2) is 5.52. The van der Waals surface area contributed by atoms with Gasteiger partial charge in [0.25, 0.3) is 5.91 Å². The van der Waals surface area contributed by atoms with Gasteiger partial charge in [0, 0.05) is 30.3 Å². The van der Waals surface area contributed by atoms with Gasteiger partial charge in [0.1, 0.15) is 0 Å². The number of halogens is 1. The first kappa shape index (κ1) is 12.4. The smallest absolute Gasteiger partial charge is 0.253 e.